The van der Waals surface area contributed by atoms with Crippen LogP contribution in [0, 0.1) is 0 Å². The van der Waals surface area contributed by atoms with E-state index in [-0.39, 0.29) is 30.7 Å². The summed E-state index contributed by atoms with van der Waals surface area (Å²) in [5.41, 5.74) is 2.33. The van der Waals surface area contributed by atoms with E-state index in [9.17, 15) is 9.59 Å². The van der Waals surface area contributed by atoms with E-state index in [0.717, 1.165) is 17.0 Å². The maximum absolute atomic E-state index is 12.9. The molecule has 0 saturated carbocycles. The number of carbonyl (C=O) groups is 2. The summed E-state index contributed by atoms with van der Waals surface area (Å²) in [6, 6.07) is 14.7. The maximum Gasteiger partial charge on any atom is 0.231 e. The van der Waals surface area contributed by atoms with Gasteiger partial charge in [0.2, 0.25) is 11.8 Å². The molecule has 2 amide bonds. The van der Waals surface area contributed by atoms with Crippen molar-refractivity contribution in [3.05, 3.63) is 54.1 Å². The number of ether oxygens (including phenoxy) is 1. The average molecular weight is 324 g/mol. The summed E-state index contributed by atoms with van der Waals surface area (Å²) in [4.78, 5) is 26.6. The van der Waals surface area contributed by atoms with Crippen LogP contribution in [0.3, 0.4) is 0 Å². The van der Waals surface area contributed by atoms with Gasteiger partial charge in [-0.3, -0.25) is 9.59 Å². The number of amides is 2. The first-order chi connectivity index (χ1) is 11.6. The van der Waals surface area contributed by atoms with Gasteiger partial charge in [0.1, 0.15) is 5.75 Å². The summed E-state index contributed by atoms with van der Waals surface area (Å²) in [6.07, 6.45) is 0.555. The Morgan fingerprint density at radius 2 is 1.92 bits per heavy atom. The first-order valence-corrected chi connectivity index (χ1v) is 7.92. The summed E-state index contributed by atoms with van der Waals surface area (Å²) >= 11 is 0. The van der Waals surface area contributed by atoms with Gasteiger partial charge in [-0.1, -0.05) is 24.3 Å². The monoisotopic (exact) mass is 324 g/mol. The summed E-state index contributed by atoms with van der Waals surface area (Å²) in [5.74, 6) is 0.654. The SMILES string of the molecule is COc1ccc(CC(=O)N2c3ccccc3NC(=O)C[C@H]2C)cc1. The van der Waals surface area contributed by atoms with Crippen molar-refractivity contribution in [1.82, 2.24) is 0 Å². The van der Waals surface area contributed by atoms with Crippen LogP contribution in [0.1, 0.15) is 18.9 Å². The van der Waals surface area contributed by atoms with Gasteiger partial charge in [-0.05, 0) is 36.8 Å². The van der Waals surface area contributed by atoms with Gasteiger partial charge in [0, 0.05) is 12.5 Å². The molecule has 0 unspecified atom stereocenters. The molecule has 5 nitrogen and oxygen atoms in total. The second-order valence-corrected chi connectivity index (χ2v) is 5.91. The number of anilines is 2. The van der Waals surface area contributed by atoms with Crippen LogP contribution in [-0.2, 0) is 16.0 Å². The fourth-order valence-electron chi connectivity index (χ4n) is 2.97. The van der Waals surface area contributed by atoms with Crippen LogP contribution >= 0.6 is 0 Å². The quantitative estimate of drug-likeness (QED) is 0.944. The number of nitrogens with zero attached hydrogens (tertiary/aromatic N) is 1. The van der Waals surface area contributed by atoms with Gasteiger partial charge >= 0.3 is 0 Å². The second kappa shape index (κ2) is 6.74. The Labute approximate surface area is 141 Å². The van der Waals surface area contributed by atoms with Gasteiger partial charge in [0.25, 0.3) is 0 Å². The molecular formula is C19H20N2O3. The van der Waals surface area contributed by atoms with E-state index < -0.39 is 0 Å². The molecule has 124 valence electrons. The molecule has 1 aliphatic heterocycles. The third kappa shape index (κ3) is 3.25. The highest BCUT2D eigenvalue weighted by Crippen LogP contribution is 2.31. The van der Waals surface area contributed by atoms with Gasteiger partial charge in [0.05, 0.1) is 24.9 Å². The minimum absolute atomic E-state index is 0.0309. The number of hydrogen-bond donors (Lipinski definition) is 1. The standard InChI is InChI=1S/C19H20N2O3/c1-13-11-18(22)20-16-5-3-4-6-17(16)21(13)19(23)12-14-7-9-15(24-2)10-8-14/h3-10,13H,11-12H2,1-2H3,(H,20,22)/t13-/m1/s1. The number of methoxy groups -OCH3 is 1. The van der Waals surface area contributed by atoms with Gasteiger partial charge in [-0.15, -0.1) is 0 Å². The van der Waals surface area contributed by atoms with E-state index in [4.69, 9.17) is 4.74 Å². The lowest BCUT2D eigenvalue weighted by atomic mass is 10.1. The summed E-state index contributed by atoms with van der Waals surface area (Å²) in [7, 11) is 1.61. The Hall–Kier alpha value is -2.82. The highest BCUT2D eigenvalue weighted by molar-refractivity contribution is 6.04. The molecule has 0 saturated heterocycles. The highest BCUT2D eigenvalue weighted by atomic mass is 16.5. The molecule has 0 aromatic heterocycles. The Morgan fingerprint density at radius 3 is 2.62 bits per heavy atom. The molecule has 1 atom stereocenters. The average Bonchev–Trinajstić information content (AvgIpc) is 2.69. The Kier molecular flexibility index (Phi) is 4.51. The number of hydrogen-bond acceptors (Lipinski definition) is 3. The van der Waals surface area contributed by atoms with Crippen molar-refractivity contribution in [1.29, 1.82) is 0 Å². The van der Waals surface area contributed by atoms with Gasteiger partial charge in [-0.2, -0.15) is 0 Å². The fourth-order valence-corrected chi connectivity index (χ4v) is 2.97. The van der Waals surface area contributed by atoms with Crippen LogP contribution in [0.15, 0.2) is 48.5 Å². The predicted octanol–water partition coefficient (Wildman–Crippen LogP) is 3.00. The van der Waals surface area contributed by atoms with Gasteiger partial charge < -0.3 is 15.0 Å². The fraction of sp³-hybridized carbons (Fsp3) is 0.263. The summed E-state index contributed by atoms with van der Waals surface area (Å²) in [6.45, 7) is 1.90. The largest absolute Gasteiger partial charge is 0.497 e. The van der Waals surface area contributed by atoms with E-state index in [2.05, 4.69) is 5.32 Å². The number of rotatable bonds is 3. The molecule has 1 heterocycles. The number of fused-ring (bicyclic) bond motifs is 1. The third-order valence-electron chi connectivity index (χ3n) is 4.14. The lowest BCUT2D eigenvalue weighted by molar-refractivity contribution is -0.118. The zero-order valence-corrected chi connectivity index (χ0v) is 13.8. The number of benzene rings is 2. The van der Waals surface area contributed by atoms with Crippen molar-refractivity contribution in [2.24, 2.45) is 0 Å². The highest BCUT2D eigenvalue weighted by Gasteiger charge is 2.29. The van der Waals surface area contributed by atoms with Crippen molar-refractivity contribution < 1.29 is 14.3 Å². The van der Waals surface area contributed by atoms with Crippen molar-refractivity contribution >= 4 is 23.2 Å². The zero-order chi connectivity index (χ0) is 17.1. The molecule has 0 aliphatic carbocycles. The molecule has 1 N–H and O–H groups in total. The summed E-state index contributed by atoms with van der Waals surface area (Å²) < 4.78 is 5.14. The topological polar surface area (TPSA) is 58.6 Å². The van der Waals surface area contributed by atoms with Gasteiger partial charge in [0.15, 0.2) is 0 Å². The smallest absolute Gasteiger partial charge is 0.231 e. The Bertz CT molecular complexity index is 755. The Morgan fingerprint density at radius 1 is 1.21 bits per heavy atom. The van der Waals surface area contributed by atoms with Crippen LogP contribution in [0.2, 0.25) is 0 Å². The minimum Gasteiger partial charge on any atom is -0.497 e. The molecule has 0 fully saturated rings. The molecule has 0 bridgehead atoms. The second-order valence-electron chi connectivity index (χ2n) is 5.91. The van der Waals surface area contributed by atoms with Crippen LogP contribution in [-0.4, -0.2) is 25.0 Å². The molecule has 0 spiro atoms. The van der Waals surface area contributed by atoms with Crippen molar-refractivity contribution in [2.75, 3.05) is 17.3 Å². The van der Waals surface area contributed by atoms with E-state index >= 15 is 0 Å². The molecule has 3 rings (SSSR count). The molecule has 0 radical (unpaired) electrons. The minimum atomic E-state index is -0.195. The molecule has 2 aromatic carbocycles. The van der Waals surface area contributed by atoms with Gasteiger partial charge in [-0.25, -0.2) is 0 Å². The molecule has 5 heteroatoms. The molecule has 1 aliphatic rings. The van der Waals surface area contributed by atoms with E-state index in [1.807, 2.05) is 55.5 Å². The van der Waals surface area contributed by atoms with Crippen LogP contribution < -0.4 is 15.0 Å². The third-order valence-corrected chi connectivity index (χ3v) is 4.14. The van der Waals surface area contributed by atoms with E-state index in [1.165, 1.54) is 0 Å². The predicted molar refractivity (Wildman–Crippen MR) is 93.3 cm³/mol. The zero-order valence-electron chi connectivity index (χ0n) is 13.8. The van der Waals surface area contributed by atoms with Crippen LogP contribution in [0.5, 0.6) is 5.75 Å². The molecular weight excluding hydrogens is 304 g/mol. The van der Waals surface area contributed by atoms with Crippen LogP contribution in [0.4, 0.5) is 11.4 Å². The van der Waals surface area contributed by atoms with Crippen molar-refractivity contribution in [2.45, 2.75) is 25.8 Å². The van der Waals surface area contributed by atoms with E-state index in [1.54, 1.807) is 12.0 Å². The van der Waals surface area contributed by atoms with Crippen molar-refractivity contribution in [3.8, 4) is 5.75 Å². The Balaban J connectivity index is 1.88. The van der Waals surface area contributed by atoms with Crippen LogP contribution in [0.25, 0.3) is 0 Å². The summed E-state index contributed by atoms with van der Waals surface area (Å²) in [5, 5.41) is 2.87. The van der Waals surface area contributed by atoms with Crippen molar-refractivity contribution in [3.63, 3.8) is 0 Å². The number of carbonyl (C=O) groups excluding carboxylic acids is 2. The first-order valence-electron chi connectivity index (χ1n) is 7.92. The number of nitrogens with one attached hydrogen (secondary N) is 1. The lowest BCUT2D eigenvalue weighted by Gasteiger charge is -2.28. The van der Waals surface area contributed by atoms with E-state index in [0.29, 0.717) is 5.69 Å². The molecule has 24 heavy (non-hydrogen) atoms. The normalized spacial score (nSPS) is 16.8. The molecule has 2 aromatic rings. The number of para-hydroxylation sites is 2. The lowest BCUT2D eigenvalue weighted by Crippen LogP contribution is -2.40. The first kappa shape index (κ1) is 16.1. The maximum atomic E-state index is 12.9.